The van der Waals surface area contributed by atoms with Gasteiger partial charge in [0.25, 0.3) is 11.8 Å². The molecule has 2 amide bonds. The Morgan fingerprint density at radius 2 is 1.72 bits per heavy atom. The Hall–Kier alpha value is -3.47. The molecule has 0 saturated carbocycles. The largest absolute Gasteiger partial charge is 0.320 e. The van der Waals surface area contributed by atoms with Crippen LogP contribution >= 0.6 is 0 Å². The number of benzene rings is 2. The summed E-state index contributed by atoms with van der Waals surface area (Å²) in [5.41, 5.74) is 3.54. The zero-order valence-corrected chi connectivity index (χ0v) is 13.6. The van der Waals surface area contributed by atoms with Crippen LogP contribution in [0.1, 0.15) is 26.4 Å². The third-order valence-electron chi connectivity index (χ3n) is 4.13. The van der Waals surface area contributed by atoms with Crippen molar-refractivity contribution in [3.63, 3.8) is 0 Å². The third kappa shape index (κ3) is 2.55. The predicted molar refractivity (Wildman–Crippen MR) is 96.3 cm³/mol. The molecule has 122 valence electrons. The zero-order chi connectivity index (χ0) is 17.4. The van der Waals surface area contributed by atoms with Crippen molar-refractivity contribution in [3.8, 4) is 0 Å². The molecule has 2 aromatic carbocycles. The quantitative estimate of drug-likeness (QED) is 0.735. The second-order valence-corrected chi connectivity index (χ2v) is 5.81. The van der Waals surface area contributed by atoms with Crippen molar-refractivity contribution in [1.29, 1.82) is 0 Å². The van der Waals surface area contributed by atoms with E-state index in [1.54, 1.807) is 47.5 Å². The number of nitrogens with one attached hydrogen (secondary N) is 1. The van der Waals surface area contributed by atoms with Gasteiger partial charge in [-0.3, -0.25) is 19.5 Å². The van der Waals surface area contributed by atoms with E-state index in [0.717, 1.165) is 5.69 Å². The van der Waals surface area contributed by atoms with Crippen LogP contribution in [-0.4, -0.2) is 16.8 Å². The van der Waals surface area contributed by atoms with Gasteiger partial charge in [-0.05, 0) is 43.3 Å². The highest BCUT2D eigenvalue weighted by atomic mass is 16.2. The van der Waals surface area contributed by atoms with E-state index in [4.69, 9.17) is 0 Å². The van der Waals surface area contributed by atoms with Crippen molar-refractivity contribution < 1.29 is 9.59 Å². The molecule has 1 aromatic heterocycles. The number of hydrogen-bond acceptors (Lipinski definition) is 3. The molecule has 1 aliphatic rings. The maximum atomic E-state index is 13.3. The molecule has 5 nitrogen and oxygen atoms in total. The van der Waals surface area contributed by atoms with Crippen LogP contribution in [0.3, 0.4) is 0 Å². The highest BCUT2D eigenvalue weighted by Gasteiger charge is 2.29. The van der Waals surface area contributed by atoms with Crippen molar-refractivity contribution in [2.24, 2.45) is 0 Å². The van der Waals surface area contributed by atoms with Gasteiger partial charge in [-0.1, -0.05) is 24.3 Å². The summed E-state index contributed by atoms with van der Waals surface area (Å²) in [6.07, 6.45) is 1.61. The summed E-state index contributed by atoms with van der Waals surface area (Å²) in [5, 5.41) is 2.88. The predicted octanol–water partition coefficient (Wildman–Crippen LogP) is 3.93. The Morgan fingerprint density at radius 3 is 2.52 bits per heavy atom. The molecule has 4 rings (SSSR count). The molecule has 0 saturated heterocycles. The van der Waals surface area contributed by atoms with Gasteiger partial charge in [0.05, 0.1) is 22.6 Å². The van der Waals surface area contributed by atoms with E-state index in [2.05, 4.69) is 10.3 Å². The van der Waals surface area contributed by atoms with Crippen molar-refractivity contribution in [3.05, 3.63) is 83.7 Å². The average molecular weight is 329 g/mol. The van der Waals surface area contributed by atoms with Gasteiger partial charge < -0.3 is 5.32 Å². The summed E-state index contributed by atoms with van der Waals surface area (Å²) in [6.45, 7) is 1.84. The fourth-order valence-corrected chi connectivity index (χ4v) is 2.98. The number of para-hydroxylation sites is 3. The molecule has 0 radical (unpaired) electrons. The first-order valence-corrected chi connectivity index (χ1v) is 7.91. The molecule has 0 atom stereocenters. The maximum Gasteiger partial charge on any atom is 0.263 e. The summed E-state index contributed by atoms with van der Waals surface area (Å²) >= 11 is 0. The molecular weight excluding hydrogens is 314 g/mol. The van der Waals surface area contributed by atoms with Crippen LogP contribution in [-0.2, 0) is 0 Å². The van der Waals surface area contributed by atoms with Crippen molar-refractivity contribution in [2.75, 3.05) is 10.2 Å². The number of carbonyl (C=O) groups excluding carboxylic acids is 2. The fraction of sp³-hybridized carbons (Fsp3) is 0.0500. The minimum Gasteiger partial charge on any atom is -0.320 e. The SMILES string of the molecule is Cc1cc(C(=O)N2c3ccccc3NC(=O)c3ccccc32)ccn1. The van der Waals surface area contributed by atoms with E-state index < -0.39 is 0 Å². The lowest BCUT2D eigenvalue weighted by atomic mass is 10.1. The van der Waals surface area contributed by atoms with Gasteiger partial charge in [0, 0.05) is 17.5 Å². The summed E-state index contributed by atoms with van der Waals surface area (Å²) < 4.78 is 0. The summed E-state index contributed by atoms with van der Waals surface area (Å²) in [5.74, 6) is -0.439. The van der Waals surface area contributed by atoms with E-state index in [0.29, 0.717) is 28.2 Å². The van der Waals surface area contributed by atoms with E-state index in [1.165, 1.54) is 0 Å². The molecule has 2 heterocycles. The molecule has 1 N–H and O–H groups in total. The lowest BCUT2D eigenvalue weighted by molar-refractivity contribution is 0.0999. The minimum atomic E-state index is -0.232. The number of rotatable bonds is 1. The van der Waals surface area contributed by atoms with Gasteiger partial charge in [0.2, 0.25) is 0 Å². The summed E-state index contributed by atoms with van der Waals surface area (Å²) in [4.78, 5) is 31.6. The number of amides is 2. The number of carbonyl (C=O) groups is 2. The van der Waals surface area contributed by atoms with Crippen LogP contribution in [0.2, 0.25) is 0 Å². The van der Waals surface area contributed by atoms with Crippen LogP contribution < -0.4 is 10.2 Å². The molecule has 0 bridgehead atoms. The van der Waals surface area contributed by atoms with E-state index in [9.17, 15) is 9.59 Å². The van der Waals surface area contributed by atoms with Crippen LogP contribution in [0, 0.1) is 6.92 Å². The zero-order valence-electron chi connectivity index (χ0n) is 13.6. The fourth-order valence-electron chi connectivity index (χ4n) is 2.98. The van der Waals surface area contributed by atoms with Crippen molar-refractivity contribution in [1.82, 2.24) is 4.98 Å². The molecular formula is C20H15N3O2. The number of pyridine rings is 1. The number of hydrogen-bond donors (Lipinski definition) is 1. The van der Waals surface area contributed by atoms with Gasteiger partial charge in [-0.2, -0.15) is 0 Å². The van der Waals surface area contributed by atoms with Crippen molar-refractivity contribution in [2.45, 2.75) is 6.92 Å². The Balaban J connectivity index is 1.96. The van der Waals surface area contributed by atoms with E-state index >= 15 is 0 Å². The molecule has 3 aromatic rings. The molecule has 1 aliphatic heterocycles. The first-order valence-electron chi connectivity index (χ1n) is 7.91. The molecule has 25 heavy (non-hydrogen) atoms. The first kappa shape index (κ1) is 15.1. The summed E-state index contributed by atoms with van der Waals surface area (Å²) in [6, 6.07) is 17.8. The maximum absolute atomic E-state index is 13.3. The van der Waals surface area contributed by atoms with Crippen LogP contribution in [0.15, 0.2) is 66.9 Å². The Labute approximate surface area is 144 Å². The molecule has 5 heteroatoms. The number of anilines is 3. The first-order chi connectivity index (χ1) is 12.1. The van der Waals surface area contributed by atoms with E-state index in [-0.39, 0.29) is 11.8 Å². The second-order valence-electron chi connectivity index (χ2n) is 5.81. The molecule has 0 unspecified atom stereocenters. The third-order valence-corrected chi connectivity index (χ3v) is 4.13. The highest BCUT2D eigenvalue weighted by Crippen LogP contribution is 2.38. The highest BCUT2D eigenvalue weighted by molar-refractivity contribution is 6.20. The van der Waals surface area contributed by atoms with Gasteiger partial charge in [-0.25, -0.2) is 0 Å². The minimum absolute atomic E-state index is 0.207. The standard InChI is InChI=1S/C20H15N3O2/c1-13-12-14(10-11-21-13)20(25)23-17-8-4-2-6-15(17)19(24)22-16-7-3-5-9-18(16)23/h2-12H,1H3,(H,22,24). The molecule has 0 spiro atoms. The van der Waals surface area contributed by atoms with Gasteiger partial charge >= 0.3 is 0 Å². The Kier molecular flexibility index (Phi) is 3.54. The Bertz CT molecular complexity index is 997. The number of aryl methyl sites for hydroxylation is 1. The Morgan fingerprint density at radius 1 is 1.00 bits per heavy atom. The monoisotopic (exact) mass is 329 g/mol. The lowest BCUT2D eigenvalue weighted by Gasteiger charge is -2.24. The van der Waals surface area contributed by atoms with Crippen LogP contribution in [0.5, 0.6) is 0 Å². The smallest absolute Gasteiger partial charge is 0.263 e. The molecule has 0 fully saturated rings. The van der Waals surface area contributed by atoms with Crippen molar-refractivity contribution >= 4 is 28.9 Å². The van der Waals surface area contributed by atoms with Crippen LogP contribution in [0.4, 0.5) is 17.1 Å². The number of aromatic nitrogens is 1. The summed E-state index contributed by atoms with van der Waals surface area (Å²) in [7, 11) is 0. The average Bonchev–Trinajstić information content (AvgIpc) is 2.75. The normalized spacial score (nSPS) is 12.7. The number of nitrogens with zero attached hydrogens (tertiary/aromatic N) is 2. The van der Waals surface area contributed by atoms with Gasteiger partial charge in [0.1, 0.15) is 0 Å². The number of fused-ring (bicyclic) bond motifs is 2. The van der Waals surface area contributed by atoms with Crippen LogP contribution in [0.25, 0.3) is 0 Å². The topological polar surface area (TPSA) is 62.3 Å². The lowest BCUT2D eigenvalue weighted by Crippen LogP contribution is -2.26. The second kappa shape index (κ2) is 5.87. The van der Waals surface area contributed by atoms with E-state index in [1.807, 2.05) is 31.2 Å². The molecule has 0 aliphatic carbocycles. The van der Waals surface area contributed by atoms with Gasteiger partial charge in [0.15, 0.2) is 0 Å². The van der Waals surface area contributed by atoms with Gasteiger partial charge in [-0.15, -0.1) is 0 Å².